The fourth-order valence-corrected chi connectivity index (χ4v) is 4.63. The highest BCUT2D eigenvalue weighted by Gasteiger charge is 2.48. The molecule has 0 radical (unpaired) electrons. The molecule has 0 heterocycles. The van der Waals surface area contributed by atoms with Crippen molar-refractivity contribution in [2.24, 2.45) is 11.8 Å². The standard InChI is InChI=1S/C27H29NO5/c1-3-32-26(29)16-23(24-15-25(24)27(30)28-31)19-11-13-20(14-12-19)33-17(2)21-10-6-8-18-7-4-5-9-22(18)21/h4-14,17,23-25,31H,3,15-16H2,1-2H3,(H,28,30)/t17?,23?,24-,25-/m0/s1. The van der Waals surface area contributed by atoms with Crippen LogP contribution in [-0.2, 0) is 14.3 Å². The molecule has 1 amide bonds. The summed E-state index contributed by atoms with van der Waals surface area (Å²) >= 11 is 0. The summed E-state index contributed by atoms with van der Waals surface area (Å²) < 4.78 is 11.4. The highest BCUT2D eigenvalue weighted by atomic mass is 16.5. The number of carbonyl (C=O) groups excluding carboxylic acids is 2. The van der Waals surface area contributed by atoms with Crippen molar-refractivity contribution in [3.63, 3.8) is 0 Å². The van der Waals surface area contributed by atoms with Crippen LogP contribution in [0.25, 0.3) is 10.8 Å². The first-order valence-electron chi connectivity index (χ1n) is 11.4. The average Bonchev–Trinajstić information content (AvgIpc) is 3.63. The van der Waals surface area contributed by atoms with E-state index in [1.807, 2.05) is 49.4 Å². The number of hydrogen-bond donors (Lipinski definition) is 2. The number of fused-ring (bicyclic) bond motifs is 1. The van der Waals surface area contributed by atoms with Gasteiger partial charge in [0.1, 0.15) is 11.9 Å². The quantitative estimate of drug-likeness (QED) is 0.269. The number of ether oxygens (including phenoxy) is 2. The van der Waals surface area contributed by atoms with Crippen LogP contribution in [-0.4, -0.2) is 23.7 Å². The molecule has 2 N–H and O–H groups in total. The largest absolute Gasteiger partial charge is 0.486 e. The lowest BCUT2D eigenvalue weighted by atomic mass is 9.89. The van der Waals surface area contributed by atoms with Gasteiger partial charge in [-0.05, 0) is 66.1 Å². The van der Waals surface area contributed by atoms with Crippen molar-refractivity contribution in [3.8, 4) is 5.75 Å². The maximum atomic E-state index is 12.2. The van der Waals surface area contributed by atoms with Gasteiger partial charge >= 0.3 is 5.97 Å². The number of benzene rings is 3. The Labute approximate surface area is 193 Å². The van der Waals surface area contributed by atoms with Crippen LogP contribution in [0.4, 0.5) is 0 Å². The number of amides is 1. The van der Waals surface area contributed by atoms with Gasteiger partial charge in [-0.1, -0.05) is 54.6 Å². The minimum Gasteiger partial charge on any atom is -0.486 e. The summed E-state index contributed by atoms with van der Waals surface area (Å²) in [5.74, 6) is -0.426. The Bertz CT molecular complexity index is 1120. The van der Waals surface area contributed by atoms with Crippen molar-refractivity contribution in [1.82, 2.24) is 5.48 Å². The molecular weight excluding hydrogens is 418 g/mol. The van der Waals surface area contributed by atoms with E-state index in [4.69, 9.17) is 14.7 Å². The molecule has 3 aromatic carbocycles. The topological polar surface area (TPSA) is 84.9 Å². The van der Waals surface area contributed by atoms with Crippen molar-refractivity contribution in [3.05, 3.63) is 77.9 Å². The van der Waals surface area contributed by atoms with E-state index in [1.165, 1.54) is 10.8 Å². The fourth-order valence-electron chi connectivity index (χ4n) is 4.63. The van der Waals surface area contributed by atoms with Crippen LogP contribution in [0.2, 0.25) is 0 Å². The molecule has 172 valence electrons. The Balaban J connectivity index is 1.50. The normalized spacial score (nSPS) is 18.9. The number of rotatable bonds is 9. The molecule has 0 bridgehead atoms. The Hall–Kier alpha value is -3.38. The lowest BCUT2D eigenvalue weighted by Gasteiger charge is -2.19. The Morgan fingerprint density at radius 3 is 2.52 bits per heavy atom. The van der Waals surface area contributed by atoms with Crippen LogP contribution in [0.3, 0.4) is 0 Å². The molecule has 4 atom stereocenters. The van der Waals surface area contributed by atoms with Gasteiger partial charge in [-0.2, -0.15) is 0 Å². The molecule has 1 saturated carbocycles. The third kappa shape index (κ3) is 5.17. The Kier molecular flexibility index (Phi) is 6.94. The zero-order valence-corrected chi connectivity index (χ0v) is 18.9. The molecule has 4 rings (SSSR count). The predicted octanol–water partition coefficient (Wildman–Crippen LogP) is 5.16. The van der Waals surface area contributed by atoms with E-state index in [1.54, 1.807) is 12.4 Å². The Morgan fingerprint density at radius 2 is 1.79 bits per heavy atom. The number of esters is 1. The maximum Gasteiger partial charge on any atom is 0.306 e. The lowest BCUT2D eigenvalue weighted by molar-refractivity contribution is -0.144. The zero-order chi connectivity index (χ0) is 23.4. The average molecular weight is 448 g/mol. The second-order valence-electron chi connectivity index (χ2n) is 8.50. The summed E-state index contributed by atoms with van der Waals surface area (Å²) in [7, 11) is 0. The van der Waals surface area contributed by atoms with Gasteiger partial charge < -0.3 is 9.47 Å². The second kappa shape index (κ2) is 10.0. The van der Waals surface area contributed by atoms with Crippen molar-refractivity contribution in [2.45, 2.75) is 38.7 Å². The summed E-state index contributed by atoms with van der Waals surface area (Å²) in [4.78, 5) is 24.0. The van der Waals surface area contributed by atoms with E-state index < -0.39 is 5.91 Å². The summed E-state index contributed by atoms with van der Waals surface area (Å²) in [6.45, 7) is 4.12. The number of hydroxylamine groups is 1. The zero-order valence-electron chi connectivity index (χ0n) is 18.9. The van der Waals surface area contributed by atoms with Gasteiger partial charge in [0.25, 0.3) is 0 Å². The molecule has 1 aliphatic rings. The van der Waals surface area contributed by atoms with Crippen molar-refractivity contribution in [1.29, 1.82) is 0 Å². The number of hydrogen-bond acceptors (Lipinski definition) is 5. The number of carbonyl (C=O) groups is 2. The van der Waals surface area contributed by atoms with E-state index in [0.29, 0.717) is 13.0 Å². The first-order chi connectivity index (χ1) is 16.0. The third-order valence-corrected chi connectivity index (χ3v) is 6.38. The summed E-state index contributed by atoms with van der Waals surface area (Å²) in [6, 6.07) is 22.1. The molecule has 0 spiro atoms. The highest BCUT2D eigenvalue weighted by molar-refractivity contribution is 5.86. The van der Waals surface area contributed by atoms with Crippen LogP contribution >= 0.6 is 0 Å². The van der Waals surface area contributed by atoms with Crippen molar-refractivity contribution in [2.75, 3.05) is 6.61 Å². The van der Waals surface area contributed by atoms with Gasteiger partial charge in [-0.15, -0.1) is 0 Å². The summed E-state index contributed by atoms with van der Waals surface area (Å²) in [5.41, 5.74) is 3.79. The number of nitrogens with one attached hydrogen (secondary N) is 1. The van der Waals surface area contributed by atoms with E-state index in [9.17, 15) is 9.59 Å². The van der Waals surface area contributed by atoms with Crippen LogP contribution in [0.1, 0.15) is 49.8 Å². The minimum atomic E-state index is -0.405. The second-order valence-corrected chi connectivity index (χ2v) is 8.50. The van der Waals surface area contributed by atoms with Gasteiger partial charge in [0.15, 0.2) is 0 Å². The molecule has 1 aliphatic carbocycles. The maximum absolute atomic E-state index is 12.2. The molecule has 0 aliphatic heterocycles. The van der Waals surface area contributed by atoms with Gasteiger partial charge in [0.2, 0.25) is 5.91 Å². The van der Waals surface area contributed by atoms with Crippen LogP contribution < -0.4 is 10.2 Å². The predicted molar refractivity (Wildman–Crippen MR) is 125 cm³/mol. The summed E-state index contributed by atoms with van der Waals surface area (Å²) in [5, 5.41) is 11.3. The summed E-state index contributed by atoms with van der Waals surface area (Å²) in [6.07, 6.45) is 0.686. The molecule has 33 heavy (non-hydrogen) atoms. The molecule has 0 saturated heterocycles. The van der Waals surface area contributed by atoms with Gasteiger partial charge in [-0.25, -0.2) is 5.48 Å². The molecule has 3 aromatic rings. The van der Waals surface area contributed by atoms with Crippen LogP contribution in [0.15, 0.2) is 66.7 Å². The molecule has 0 aromatic heterocycles. The van der Waals surface area contributed by atoms with E-state index in [2.05, 4.69) is 24.3 Å². The molecular formula is C27H29NO5. The highest BCUT2D eigenvalue weighted by Crippen LogP contribution is 2.50. The van der Waals surface area contributed by atoms with Gasteiger partial charge in [0, 0.05) is 5.92 Å². The SMILES string of the molecule is CCOC(=O)CC(c1ccc(OC(C)c2cccc3ccccc23)cc1)[C@@H]1C[C@@H]1C(=O)NO. The minimum absolute atomic E-state index is 0.0112. The molecule has 2 unspecified atom stereocenters. The molecule has 6 nitrogen and oxygen atoms in total. The van der Waals surface area contributed by atoms with Crippen molar-refractivity contribution < 1.29 is 24.3 Å². The van der Waals surface area contributed by atoms with Gasteiger partial charge in [0.05, 0.1) is 13.0 Å². The molecule has 6 heteroatoms. The van der Waals surface area contributed by atoms with E-state index in [-0.39, 0.29) is 36.2 Å². The van der Waals surface area contributed by atoms with Crippen LogP contribution in [0, 0.1) is 11.8 Å². The fraction of sp³-hybridized carbons (Fsp3) is 0.333. The lowest BCUT2D eigenvalue weighted by Crippen LogP contribution is -2.23. The van der Waals surface area contributed by atoms with E-state index in [0.717, 1.165) is 16.9 Å². The van der Waals surface area contributed by atoms with E-state index >= 15 is 0 Å². The third-order valence-electron chi connectivity index (χ3n) is 6.38. The van der Waals surface area contributed by atoms with Gasteiger partial charge in [-0.3, -0.25) is 14.8 Å². The molecule has 1 fully saturated rings. The Morgan fingerprint density at radius 1 is 1.06 bits per heavy atom. The first-order valence-corrected chi connectivity index (χ1v) is 11.4. The smallest absolute Gasteiger partial charge is 0.306 e. The first kappa shape index (κ1) is 22.8. The monoisotopic (exact) mass is 447 g/mol. The van der Waals surface area contributed by atoms with Crippen LogP contribution in [0.5, 0.6) is 5.75 Å². The van der Waals surface area contributed by atoms with Crippen molar-refractivity contribution >= 4 is 22.6 Å².